The Morgan fingerprint density at radius 1 is 1.25 bits per heavy atom. The van der Waals surface area contributed by atoms with Crippen molar-refractivity contribution in [2.45, 2.75) is 18.7 Å². The molecule has 0 unspecified atom stereocenters. The third-order valence-electron chi connectivity index (χ3n) is 3.33. The van der Waals surface area contributed by atoms with Gasteiger partial charge in [0, 0.05) is 5.56 Å². The summed E-state index contributed by atoms with van der Waals surface area (Å²) in [7, 11) is -2.33. The van der Waals surface area contributed by atoms with E-state index in [0.29, 0.717) is 21.3 Å². The summed E-state index contributed by atoms with van der Waals surface area (Å²) in [6.07, 6.45) is 1.30. The number of halogens is 1. The number of rotatable bonds is 5. The molecule has 2 aromatic rings. The number of phenols is 1. The van der Waals surface area contributed by atoms with E-state index in [0.717, 1.165) is 5.56 Å². The van der Waals surface area contributed by atoms with Crippen LogP contribution in [0, 0.1) is 13.8 Å². The number of ether oxygens (including phenoxy) is 1. The minimum atomic E-state index is -3.76. The number of aromatic hydroxyl groups is 1. The van der Waals surface area contributed by atoms with Crippen LogP contribution in [0.15, 0.2) is 44.8 Å². The number of phenolic OH excluding ortho intramolecular Hbond substituents is 1. The maximum Gasteiger partial charge on any atom is 0.276 e. The van der Waals surface area contributed by atoms with Crippen molar-refractivity contribution in [3.05, 3.63) is 51.5 Å². The highest BCUT2D eigenvalue weighted by atomic mass is 79.9. The number of methoxy groups -OCH3 is 1. The predicted molar refractivity (Wildman–Crippen MR) is 96.2 cm³/mol. The van der Waals surface area contributed by atoms with Crippen molar-refractivity contribution in [3.63, 3.8) is 0 Å². The molecule has 0 aliphatic carbocycles. The normalized spacial score (nSPS) is 11.7. The molecule has 0 aromatic heterocycles. The lowest BCUT2D eigenvalue weighted by atomic mass is 10.2. The van der Waals surface area contributed by atoms with Crippen molar-refractivity contribution in [3.8, 4) is 11.5 Å². The van der Waals surface area contributed by atoms with E-state index in [4.69, 9.17) is 4.74 Å². The number of sulfonamides is 1. The molecule has 0 heterocycles. The smallest absolute Gasteiger partial charge is 0.276 e. The van der Waals surface area contributed by atoms with Crippen molar-refractivity contribution < 1.29 is 18.3 Å². The van der Waals surface area contributed by atoms with E-state index in [-0.39, 0.29) is 10.6 Å². The molecule has 8 heteroatoms. The van der Waals surface area contributed by atoms with Gasteiger partial charge < -0.3 is 9.84 Å². The standard InChI is InChI=1S/C16H17BrN2O4S/c1-10-4-7-14(11(2)8-10)24(21,22)19-18-9-12-5-6-13(23-3)16(20)15(12)17/h4-9,19-20H,1-3H3/b18-9+. The highest BCUT2D eigenvalue weighted by Gasteiger charge is 2.16. The second kappa shape index (κ2) is 7.23. The Kier molecular flexibility index (Phi) is 5.51. The van der Waals surface area contributed by atoms with Gasteiger partial charge >= 0.3 is 0 Å². The molecule has 0 atom stereocenters. The third kappa shape index (κ3) is 3.88. The first-order chi connectivity index (χ1) is 11.3. The number of aryl methyl sites for hydroxylation is 2. The summed E-state index contributed by atoms with van der Waals surface area (Å²) in [5.41, 5.74) is 2.12. The fourth-order valence-electron chi connectivity index (χ4n) is 2.14. The highest BCUT2D eigenvalue weighted by molar-refractivity contribution is 9.10. The minimum Gasteiger partial charge on any atom is -0.503 e. The van der Waals surface area contributed by atoms with Gasteiger partial charge in [-0.25, -0.2) is 4.83 Å². The molecule has 0 fully saturated rings. The molecule has 128 valence electrons. The van der Waals surface area contributed by atoms with Crippen LogP contribution >= 0.6 is 15.9 Å². The maximum atomic E-state index is 12.3. The molecule has 0 saturated carbocycles. The lowest BCUT2D eigenvalue weighted by molar-refractivity contribution is 0.372. The van der Waals surface area contributed by atoms with Crippen molar-refractivity contribution in [1.82, 2.24) is 4.83 Å². The molecule has 0 spiro atoms. The van der Waals surface area contributed by atoms with Crippen LogP contribution in [0.4, 0.5) is 0 Å². The predicted octanol–water partition coefficient (Wildman–Crippen LogP) is 3.09. The van der Waals surface area contributed by atoms with Crippen LogP contribution < -0.4 is 9.57 Å². The topological polar surface area (TPSA) is 88.0 Å². The highest BCUT2D eigenvalue weighted by Crippen LogP contribution is 2.35. The Bertz CT molecular complexity index is 895. The van der Waals surface area contributed by atoms with Crippen LogP contribution in [0.2, 0.25) is 0 Å². The lowest BCUT2D eigenvalue weighted by Gasteiger charge is -2.08. The van der Waals surface area contributed by atoms with Crippen LogP contribution in [0.1, 0.15) is 16.7 Å². The average Bonchev–Trinajstić information content (AvgIpc) is 2.51. The number of nitrogens with zero attached hydrogens (tertiary/aromatic N) is 1. The Morgan fingerprint density at radius 3 is 2.58 bits per heavy atom. The van der Waals surface area contributed by atoms with E-state index in [1.54, 1.807) is 31.2 Å². The first-order valence-corrected chi connectivity index (χ1v) is 9.21. The summed E-state index contributed by atoms with van der Waals surface area (Å²) in [6.45, 7) is 3.62. The number of nitrogens with one attached hydrogen (secondary N) is 1. The number of hydrazone groups is 1. The average molecular weight is 413 g/mol. The van der Waals surface area contributed by atoms with Crippen molar-refractivity contribution in [2.75, 3.05) is 7.11 Å². The quantitative estimate of drug-likeness (QED) is 0.583. The molecule has 2 rings (SSSR count). The van der Waals surface area contributed by atoms with Gasteiger partial charge in [0.05, 0.1) is 22.7 Å². The van der Waals surface area contributed by atoms with Crippen LogP contribution in [-0.2, 0) is 10.0 Å². The number of hydrogen-bond donors (Lipinski definition) is 2. The summed E-state index contributed by atoms with van der Waals surface area (Å²) in [6, 6.07) is 8.25. The second-order valence-electron chi connectivity index (χ2n) is 5.14. The molecule has 0 bridgehead atoms. The second-order valence-corrected chi connectivity index (χ2v) is 7.56. The fraction of sp³-hybridized carbons (Fsp3) is 0.188. The van der Waals surface area contributed by atoms with Crippen molar-refractivity contribution in [1.29, 1.82) is 0 Å². The minimum absolute atomic E-state index is 0.0845. The monoisotopic (exact) mass is 412 g/mol. The molecule has 6 nitrogen and oxygen atoms in total. The van der Waals surface area contributed by atoms with Gasteiger partial charge in [-0.1, -0.05) is 17.7 Å². The van der Waals surface area contributed by atoms with E-state index in [1.807, 2.05) is 6.92 Å². The van der Waals surface area contributed by atoms with Crippen LogP contribution in [0.5, 0.6) is 11.5 Å². The molecule has 2 N–H and O–H groups in total. The van der Waals surface area contributed by atoms with Crippen molar-refractivity contribution in [2.24, 2.45) is 5.10 Å². The van der Waals surface area contributed by atoms with Gasteiger partial charge in [-0.3, -0.25) is 0 Å². The van der Waals surface area contributed by atoms with E-state index in [2.05, 4.69) is 25.9 Å². The summed E-state index contributed by atoms with van der Waals surface area (Å²) in [5, 5.41) is 13.7. The van der Waals surface area contributed by atoms with Gasteiger partial charge in [-0.2, -0.15) is 13.5 Å². The molecule has 0 aliphatic rings. The first kappa shape index (κ1) is 18.3. The SMILES string of the molecule is COc1ccc(/C=N/NS(=O)(=O)c2ccc(C)cc2C)c(Br)c1O. The van der Waals surface area contributed by atoms with Gasteiger partial charge in [0.1, 0.15) is 0 Å². The van der Waals surface area contributed by atoms with E-state index >= 15 is 0 Å². The van der Waals surface area contributed by atoms with E-state index < -0.39 is 10.0 Å². The zero-order chi connectivity index (χ0) is 17.9. The molecule has 0 amide bonds. The largest absolute Gasteiger partial charge is 0.503 e. The lowest BCUT2D eigenvalue weighted by Crippen LogP contribution is -2.19. The summed E-state index contributed by atoms with van der Waals surface area (Å²) in [4.78, 5) is 2.34. The summed E-state index contributed by atoms with van der Waals surface area (Å²) < 4.78 is 29.9. The fourth-order valence-corrected chi connectivity index (χ4v) is 3.59. The van der Waals surface area contributed by atoms with Gasteiger partial charge in [-0.15, -0.1) is 0 Å². The zero-order valence-electron chi connectivity index (χ0n) is 13.4. The first-order valence-electron chi connectivity index (χ1n) is 6.94. The molecule has 24 heavy (non-hydrogen) atoms. The molecular formula is C16H17BrN2O4S. The summed E-state index contributed by atoms with van der Waals surface area (Å²) >= 11 is 3.22. The molecule has 0 saturated heterocycles. The Hall–Kier alpha value is -2.06. The molecular weight excluding hydrogens is 396 g/mol. The van der Waals surface area contributed by atoms with Crippen LogP contribution in [0.3, 0.4) is 0 Å². The van der Waals surface area contributed by atoms with Crippen LogP contribution in [0.25, 0.3) is 0 Å². The van der Waals surface area contributed by atoms with Gasteiger partial charge in [0.25, 0.3) is 10.0 Å². The number of benzene rings is 2. The summed E-state index contributed by atoms with van der Waals surface area (Å²) in [5.74, 6) is 0.216. The van der Waals surface area contributed by atoms with Gasteiger partial charge in [0.2, 0.25) is 0 Å². The van der Waals surface area contributed by atoms with Crippen LogP contribution in [-0.4, -0.2) is 26.8 Å². The Morgan fingerprint density at radius 2 is 1.96 bits per heavy atom. The van der Waals surface area contributed by atoms with E-state index in [1.165, 1.54) is 19.4 Å². The van der Waals surface area contributed by atoms with Gasteiger partial charge in [-0.05, 0) is 53.5 Å². The Balaban J connectivity index is 2.23. The zero-order valence-corrected chi connectivity index (χ0v) is 15.8. The Labute approximate surface area is 149 Å². The molecule has 0 aliphatic heterocycles. The molecule has 0 radical (unpaired) electrons. The van der Waals surface area contributed by atoms with Gasteiger partial charge in [0.15, 0.2) is 11.5 Å². The van der Waals surface area contributed by atoms with Crippen molar-refractivity contribution >= 4 is 32.2 Å². The molecule has 2 aromatic carbocycles. The number of hydrogen-bond acceptors (Lipinski definition) is 5. The maximum absolute atomic E-state index is 12.3. The third-order valence-corrected chi connectivity index (χ3v) is 5.54. The van der Waals surface area contributed by atoms with E-state index in [9.17, 15) is 13.5 Å².